The molecule has 2 rings (SSSR count). The Bertz CT molecular complexity index is 350. The van der Waals surface area contributed by atoms with E-state index in [-0.39, 0.29) is 0 Å². The lowest BCUT2D eigenvalue weighted by atomic mass is 9.87. The van der Waals surface area contributed by atoms with Gasteiger partial charge in [-0.2, -0.15) is 0 Å². The van der Waals surface area contributed by atoms with Gasteiger partial charge in [0.15, 0.2) is 0 Å². The highest BCUT2D eigenvalue weighted by Gasteiger charge is 2.21. The highest BCUT2D eigenvalue weighted by molar-refractivity contribution is 7.85. The second-order valence-corrected chi connectivity index (χ2v) is 5.19. The zero-order chi connectivity index (χ0) is 9.97. The summed E-state index contributed by atoms with van der Waals surface area (Å²) in [6.07, 6.45) is 6.93. The maximum atomic E-state index is 11.9. The molecule has 0 aromatic carbocycles. The van der Waals surface area contributed by atoms with Gasteiger partial charge in [-0.05, 0) is 24.8 Å². The molecule has 2 N–H and O–H groups in total. The molecule has 0 aliphatic heterocycles. The first-order chi connectivity index (χ1) is 6.77. The van der Waals surface area contributed by atoms with Crippen LogP contribution < -0.4 is 5.73 Å². The van der Waals surface area contributed by atoms with Gasteiger partial charge in [-0.25, -0.2) is 0 Å². The molecule has 14 heavy (non-hydrogen) atoms. The lowest BCUT2D eigenvalue weighted by Crippen LogP contribution is -2.19. The molecule has 0 radical (unpaired) electrons. The Morgan fingerprint density at radius 3 is 2.93 bits per heavy atom. The van der Waals surface area contributed by atoms with Crippen molar-refractivity contribution in [3.63, 3.8) is 0 Å². The van der Waals surface area contributed by atoms with Crippen molar-refractivity contribution in [2.45, 2.75) is 24.2 Å². The molecule has 0 amide bonds. The number of pyridine rings is 1. The van der Waals surface area contributed by atoms with E-state index in [9.17, 15) is 4.21 Å². The van der Waals surface area contributed by atoms with Gasteiger partial charge in [0.25, 0.3) is 0 Å². The molecule has 1 aliphatic rings. The van der Waals surface area contributed by atoms with E-state index in [1.807, 2.05) is 0 Å². The summed E-state index contributed by atoms with van der Waals surface area (Å²) >= 11 is 0. The van der Waals surface area contributed by atoms with Crippen molar-refractivity contribution in [2.75, 3.05) is 11.5 Å². The van der Waals surface area contributed by atoms with Gasteiger partial charge < -0.3 is 5.73 Å². The first kappa shape index (κ1) is 9.65. The predicted molar refractivity (Wildman–Crippen MR) is 57.3 cm³/mol. The van der Waals surface area contributed by atoms with Crippen LogP contribution in [0.1, 0.15) is 19.3 Å². The summed E-state index contributed by atoms with van der Waals surface area (Å²) in [5.74, 6) is 1.40. The minimum Gasteiger partial charge on any atom is -0.396 e. The molecule has 76 valence electrons. The lowest BCUT2D eigenvalue weighted by molar-refractivity contribution is 0.350. The minimum absolute atomic E-state index is 0.546. The van der Waals surface area contributed by atoms with Crippen molar-refractivity contribution in [3.05, 3.63) is 18.5 Å². The minimum atomic E-state index is -0.939. The van der Waals surface area contributed by atoms with Crippen LogP contribution in [0, 0.1) is 5.92 Å². The first-order valence-electron chi connectivity index (χ1n) is 4.85. The highest BCUT2D eigenvalue weighted by Crippen LogP contribution is 2.29. The van der Waals surface area contributed by atoms with Crippen LogP contribution in [0.25, 0.3) is 0 Å². The monoisotopic (exact) mass is 210 g/mol. The predicted octanol–water partition coefficient (Wildman–Crippen LogP) is 1.57. The maximum absolute atomic E-state index is 11.9. The van der Waals surface area contributed by atoms with Crippen LogP contribution >= 0.6 is 0 Å². The molecule has 1 saturated carbocycles. The van der Waals surface area contributed by atoms with E-state index in [2.05, 4.69) is 4.98 Å². The van der Waals surface area contributed by atoms with E-state index >= 15 is 0 Å². The largest absolute Gasteiger partial charge is 0.396 e. The zero-order valence-electron chi connectivity index (χ0n) is 7.98. The Morgan fingerprint density at radius 1 is 1.57 bits per heavy atom. The van der Waals surface area contributed by atoms with Crippen molar-refractivity contribution >= 4 is 16.5 Å². The Labute approximate surface area is 86.2 Å². The average Bonchev–Trinajstić information content (AvgIpc) is 2.12. The maximum Gasteiger partial charge on any atom is 0.0664 e. The third-order valence-corrected chi connectivity index (χ3v) is 4.30. The van der Waals surface area contributed by atoms with Crippen LogP contribution in [0.2, 0.25) is 0 Å². The summed E-state index contributed by atoms with van der Waals surface area (Å²) < 4.78 is 11.9. The summed E-state index contributed by atoms with van der Waals surface area (Å²) in [6.45, 7) is 0. The summed E-state index contributed by atoms with van der Waals surface area (Å²) in [5, 5.41) is 0. The summed E-state index contributed by atoms with van der Waals surface area (Å²) in [7, 11) is -0.939. The number of aromatic nitrogens is 1. The van der Waals surface area contributed by atoms with Crippen LogP contribution in [0.15, 0.2) is 23.4 Å². The van der Waals surface area contributed by atoms with E-state index in [0.717, 1.165) is 10.6 Å². The van der Waals surface area contributed by atoms with Crippen molar-refractivity contribution in [1.29, 1.82) is 0 Å². The van der Waals surface area contributed by atoms with Crippen LogP contribution in [0.3, 0.4) is 0 Å². The van der Waals surface area contributed by atoms with Gasteiger partial charge in [0.05, 0.1) is 27.6 Å². The second-order valence-electron chi connectivity index (χ2n) is 3.72. The molecular weight excluding hydrogens is 196 g/mol. The Hall–Kier alpha value is -0.900. The number of hydrogen-bond acceptors (Lipinski definition) is 3. The van der Waals surface area contributed by atoms with E-state index in [1.54, 1.807) is 18.5 Å². The summed E-state index contributed by atoms with van der Waals surface area (Å²) in [4.78, 5) is 4.62. The molecule has 1 atom stereocenters. The van der Waals surface area contributed by atoms with Gasteiger partial charge in [-0.3, -0.25) is 9.19 Å². The lowest BCUT2D eigenvalue weighted by Gasteiger charge is -2.24. The summed E-state index contributed by atoms with van der Waals surface area (Å²) in [6, 6.07) is 1.75. The standard InChI is InChI=1S/C10H14N2OS/c11-9-6-12-5-4-10(9)14(13)7-8-2-1-3-8/h4-6,8H,1-3,7,11H2. The molecule has 0 saturated heterocycles. The third kappa shape index (κ3) is 1.95. The molecule has 1 heterocycles. The smallest absolute Gasteiger partial charge is 0.0664 e. The first-order valence-corrected chi connectivity index (χ1v) is 6.17. The van der Waals surface area contributed by atoms with Crippen LogP contribution in [-0.4, -0.2) is 14.9 Å². The van der Waals surface area contributed by atoms with Gasteiger partial charge in [0, 0.05) is 11.9 Å². The van der Waals surface area contributed by atoms with Crippen molar-refractivity contribution in [3.8, 4) is 0 Å². The van der Waals surface area contributed by atoms with Gasteiger partial charge in [-0.15, -0.1) is 0 Å². The van der Waals surface area contributed by atoms with E-state index in [0.29, 0.717) is 11.6 Å². The molecule has 0 bridgehead atoms. The second kappa shape index (κ2) is 4.09. The van der Waals surface area contributed by atoms with Crippen LogP contribution in [0.4, 0.5) is 5.69 Å². The third-order valence-electron chi connectivity index (χ3n) is 2.67. The SMILES string of the molecule is Nc1cnccc1S(=O)CC1CCC1. The molecular formula is C10H14N2OS. The average molecular weight is 210 g/mol. The van der Waals surface area contributed by atoms with E-state index < -0.39 is 10.8 Å². The fourth-order valence-electron chi connectivity index (χ4n) is 1.56. The van der Waals surface area contributed by atoms with E-state index in [1.165, 1.54) is 19.3 Å². The molecule has 1 fully saturated rings. The summed E-state index contributed by atoms with van der Waals surface area (Å²) in [5.41, 5.74) is 6.25. The fraction of sp³-hybridized carbons (Fsp3) is 0.500. The number of rotatable bonds is 3. The van der Waals surface area contributed by atoms with Gasteiger partial charge in [0.1, 0.15) is 0 Å². The molecule has 4 heteroatoms. The number of hydrogen-bond donors (Lipinski definition) is 1. The Morgan fingerprint density at radius 2 is 2.36 bits per heavy atom. The molecule has 0 spiro atoms. The van der Waals surface area contributed by atoms with Gasteiger partial charge in [0.2, 0.25) is 0 Å². The van der Waals surface area contributed by atoms with Crippen LogP contribution in [0.5, 0.6) is 0 Å². The van der Waals surface area contributed by atoms with Crippen molar-refractivity contribution in [2.24, 2.45) is 5.92 Å². The van der Waals surface area contributed by atoms with Crippen LogP contribution in [-0.2, 0) is 10.8 Å². The Balaban J connectivity index is 2.06. The molecule has 1 aromatic rings. The number of nitrogen functional groups attached to an aromatic ring is 1. The van der Waals surface area contributed by atoms with Crippen molar-refractivity contribution < 1.29 is 4.21 Å². The quantitative estimate of drug-likeness (QED) is 0.824. The number of nitrogens with zero attached hydrogens (tertiary/aromatic N) is 1. The molecule has 1 aliphatic carbocycles. The molecule has 3 nitrogen and oxygen atoms in total. The molecule has 1 unspecified atom stereocenters. The zero-order valence-corrected chi connectivity index (χ0v) is 8.80. The normalized spacial score (nSPS) is 18.9. The van der Waals surface area contributed by atoms with E-state index in [4.69, 9.17) is 5.73 Å². The Kier molecular flexibility index (Phi) is 2.82. The number of nitrogens with two attached hydrogens (primary N) is 1. The topological polar surface area (TPSA) is 56.0 Å². The van der Waals surface area contributed by atoms with Gasteiger partial charge >= 0.3 is 0 Å². The number of anilines is 1. The fourth-order valence-corrected chi connectivity index (χ4v) is 3.03. The van der Waals surface area contributed by atoms with Crippen molar-refractivity contribution in [1.82, 2.24) is 4.98 Å². The molecule has 1 aromatic heterocycles. The van der Waals surface area contributed by atoms with Gasteiger partial charge in [-0.1, -0.05) is 6.42 Å². The highest BCUT2D eigenvalue weighted by atomic mass is 32.2.